The highest BCUT2D eigenvalue weighted by molar-refractivity contribution is 5.26. The van der Waals surface area contributed by atoms with Gasteiger partial charge in [-0.3, -0.25) is 0 Å². The number of hydrogen-bond donors (Lipinski definition) is 1. The molecule has 0 aromatic carbocycles. The Bertz CT molecular complexity index is 179. The van der Waals surface area contributed by atoms with Gasteiger partial charge in [-0.2, -0.15) is 0 Å². The molecule has 54 valence electrons. The molecule has 1 N–H and O–H groups in total. The van der Waals surface area contributed by atoms with Crippen LogP contribution in [0.1, 0.15) is 6.42 Å². The van der Waals surface area contributed by atoms with Crippen LogP contribution in [-0.2, 0) is 0 Å². The Morgan fingerprint density at radius 3 is 2.70 bits per heavy atom. The van der Waals surface area contributed by atoms with Crippen LogP contribution in [0.25, 0.3) is 0 Å². The molecule has 0 heterocycles. The van der Waals surface area contributed by atoms with Gasteiger partial charge < -0.3 is 5.32 Å². The molecule has 0 saturated heterocycles. The number of nitrogens with one attached hydrogen (secondary N) is 1. The Morgan fingerprint density at radius 2 is 2.40 bits per heavy atom. The average molecular weight is 135 g/mol. The second-order valence-electron chi connectivity index (χ2n) is 2.49. The fourth-order valence-corrected chi connectivity index (χ4v) is 1.08. The van der Waals surface area contributed by atoms with E-state index < -0.39 is 0 Å². The Labute approximate surface area is 62.1 Å². The third kappa shape index (κ3) is 1.19. The second-order valence-corrected chi connectivity index (χ2v) is 2.49. The first kappa shape index (κ1) is 7.29. The summed E-state index contributed by atoms with van der Waals surface area (Å²) in [6, 6.07) is 0. The van der Waals surface area contributed by atoms with Crippen LogP contribution in [0.5, 0.6) is 0 Å². The molecule has 1 rings (SSSR count). The van der Waals surface area contributed by atoms with Crippen molar-refractivity contribution in [3.63, 3.8) is 0 Å². The van der Waals surface area contributed by atoms with Crippen LogP contribution in [0.3, 0.4) is 0 Å². The zero-order valence-corrected chi connectivity index (χ0v) is 6.30. The summed E-state index contributed by atoms with van der Waals surface area (Å²) in [6.07, 6.45) is 11.3. The Balaban J connectivity index is 2.75. The first-order valence-electron chi connectivity index (χ1n) is 3.50. The summed E-state index contributed by atoms with van der Waals surface area (Å²) in [5, 5.41) is 3.21. The predicted octanol–water partition coefficient (Wildman–Crippen LogP) is 1.65. The topological polar surface area (TPSA) is 12.0 Å². The van der Waals surface area contributed by atoms with Crippen molar-refractivity contribution in [3.8, 4) is 0 Å². The van der Waals surface area contributed by atoms with Gasteiger partial charge in [-0.15, -0.1) is 6.58 Å². The summed E-state index contributed by atoms with van der Waals surface area (Å²) in [7, 11) is 1.95. The first-order valence-corrected chi connectivity index (χ1v) is 3.50. The third-order valence-corrected chi connectivity index (χ3v) is 1.93. The molecule has 0 spiro atoms. The smallest absolute Gasteiger partial charge is 0.0583 e. The molecular formula is C9H13N. The van der Waals surface area contributed by atoms with Crippen LogP contribution in [0.2, 0.25) is 0 Å². The van der Waals surface area contributed by atoms with E-state index in [1.165, 1.54) is 0 Å². The lowest BCUT2D eigenvalue weighted by Crippen LogP contribution is -2.38. The maximum Gasteiger partial charge on any atom is 0.0583 e. The van der Waals surface area contributed by atoms with Gasteiger partial charge in [-0.25, -0.2) is 0 Å². The van der Waals surface area contributed by atoms with Gasteiger partial charge in [-0.05, 0) is 13.5 Å². The number of hydrogen-bond acceptors (Lipinski definition) is 1. The van der Waals surface area contributed by atoms with Gasteiger partial charge in [0.05, 0.1) is 5.54 Å². The van der Waals surface area contributed by atoms with E-state index in [4.69, 9.17) is 0 Å². The highest BCUT2D eigenvalue weighted by atomic mass is 14.9. The van der Waals surface area contributed by atoms with Crippen molar-refractivity contribution in [1.82, 2.24) is 5.32 Å². The van der Waals surface area contributed by atoms with Crippen molar-refractivity contribution in [2.75, 3.05) is 7.05 Å². The molecule has 1 nitrogen and oxygen atoms in total. The molecule has 0 aliphatic heterocycles. The van der Waals surface area contributed by atoms with E-state index in [0.717, 1.165) is 6.42 Å². The monoisotopic (exact) mass is 135 g/mol. The molecule has 10 heavy (non-hydrogen) atoms. The molecule has 0 saturated carbocycles. The molecule has 0 fully saturated rings. The minimum Gasteiger partial charge on any atom is -0.308 e. The van der Waals surface area contributed by atoms with E-state index in [9.17, 15) is 0 Å². The summed E-state index contributed by atoms with van der Waals surface area (Å²) in [5.74, 6) is 0. The summed E-state index contributed by atoms with van der Waals surface area (Å²) < 4.78 is 0. The van der Waals surface area contributed by atoms with Crippen molar-refractivity contribution >= 4 is 0 Å². The lowest BCUT2D eigenvalue weighted by Gasteiger charge is -2.26. The summed E-state index contributed by atoms with van der Waals surface area (Å²) in [4.78, 5) is 0. The Morgan fingerprint density at radius 1 is 1.60 bits per heavy atom. The molecule has 0 bridgehead atoms. The lowest BCUT2D eigenvalue weighted by molar-refractivity contribution is 0.539. The van der Waals surface area contributed by atoms with Crippen molar-refractivity contribution in [2.24, 2.45) is 0 Å². The van der Waals surface area contributed by atoms with Crippen LogP contribution >= 0.6 is 0 Å². The molecule has 0 amide bonds. The maximum atomic E-state index is 3.78. The summed E-state index contributed by atoms with van der Waals surface area (Å²) >= 11 is 0. The zero-order chi connectivity index (χ0) is 7.45. The minimum absolute atomic E-state index is 0.00868. The molecular weight excluding hydrogens is 122 g/mol. The first-order chi connectivity index (χ1) is 4.83. The SMILES string of the molecule is C=CC1(NC)C=CC=CC1. The molecule has 0 aromatic heterocycles. The van der Waals surface area contributed by atoms with Gasteiger partial charge >= 0.3 is 0 Å². The quantitative estimate of drug-likeness (QED) is 0.568. The fraction of sp³-hybridized carbons (Fsp3) is 0.333. The van der Waals surface area contributed by atoms with Crippen LogP contribution in [0.15, 0.2) is 37.0 Å². The molecule has 1 heteroatoms. The maximum absolute atomic E-state index is 3.78. The molecule has 1 aliphatic rings. The van der Waals surface area contributed by atoms with E-state index in [1.807, 2.05) is 19.2 Å². The molecule has 1 atom stereocenters. The van der Waals surface area contributed by atoms with Gasteiger partial charge in [0.15, 0.2) is 0 Å². The third-order valence-electron chi connectivity index (χ3n) is 1.93. The minimum atomic E-state index is 0.00868. The van der Waals surface area contributed by atoms with E-state index in [0.29, 0.717) is 0 Å². The number of allylic oxidation sites excluding steroid dienone is 2. The highest BCUT2D eigenvalue weighted by Gasteiger charge is 2.19. The van der Waals surface area contributed by atoms with Crippen LogP contribution in [-0.4, -0.2) is 12.6 Å². The Kier molecular flexibility index (Phi) is 2.07. The second kappa shape index (κ2) is 2.84. The van der Waals surface area contributed by atoms with E-state index in [1.54, 1.807) is 0 Å². The fourth-order valence-electron chi connectivity index (χ4n) is 1.08. The van der Waals surface area contributed by atoms with Crippen LogP contribution < -0.4 is 5.32 Å². The number of likely N-dealkylation sites (N-methyl/N-ethyl adjacent to an activating group) is 1. The molecule has 1 unspecified atom stereocenters. The van der Waals surface area contributed by atoms with Crippen molar-refractivity contribution < 1.29 is 0 Å². The van der Waals surface area contributed by atoms with Gasteiger partial charge in [0.1, 0.15) is 0 Å². The zero-order valence-electron chi connectivity index (χ0n) is 6.30. The van der Waals surface area contributed by atoms with Crippen LogP contribution in [0, 0.1) is 0 Å². The van der Waals surface area contributed by atoms with E-state index in [-0.39, 0.29) is 5.54 Å². The standard InChI is InChI=1S/C9H13N/c1-3-9(10-2)7-5-4-6-8-9/h3-7,10H,1,8H2,2H3. The van der Waals surface area contributed by atoms with Crippen LogP contribution in [0.4, 0.5) is 0 Å². The lowest BCUT2D eigenvalue weighted by atomic mass is 9.92. The normalized spacial score (nSPS) is 30.5. The Hall–Kier alpha value is -0.820. The molecule has 1 aliphatic carbocycles. The van der Waals surface area contributed by atoms with Crippen molar-refractivity contribution in [2.45, 2.75) is 12.0 Å². The molecule has 0 radical (unpaired) electrons. The summed E-state index contributed by atoms with van der Waals surface area (Å²) in [5.41, 5.74) is 0.00868. The van der Waals surface area contributed by atoms with Crippen molar-refractivity contribution in [1.29, 1.82) is 0 Å². The predicted molar refractivity (Wildman–Crippen MR) is 44.9 cm³/mol. The van der Waals surface area contributed by atoms with Gasteiger partial charge in [0, 0.05) is 0 Å². The average Bonchev–Trinajstić information content (AvgIpc) is 2.06. The highest BCUT2D eigenvalue weighted by Crippen LogP contribution is 2.17. The summed E-state index contributed by atoms with van der Waals surface area (Å²) in [6.45, 7) is 3.78. The van der Waals surface area contributed by atoms with E-state index in [2.05, 4.69) is 30.1 Å². The van der Waals surface area contributed by atoms with E-state index >= 15 is 0 Å². The largest absolute Gasteiger partial charge is 0.308 e. The van der Waals surface area contributed by atoms with Crippen molar-refractivity contribution in [3.05, 3.63) is 37.0 Å². The van der Waals surface area contributed by atoms with Gasteiger partial charge in [-0.1, -0.05) is 30.4 Å². The molecule has 0 aromatic rings. The number of rotatable bonds is 2. The van der Waals surface area contributed by atoms with Gasteiger partial charge in [0.25, 0.3) is 0 Å². The van der Waals surface area contributed by atoms with Gasteiger partial charge in [0.2, 0.25) is 0 Å².